The van der Waals surface area contributed by atoms with Crippen molar-refractivity contribution in [3.05, 3.63) is 29.3 Å². The van der Waals surface area contributed by atoms with Crippen LogP contribution < -0.4 is 10.1 Å². The summed E-state index contributed by atoms with van der Waals surface area (Å²) in [6, 6.07) is 5.33. The first-order valence-corrected chi connectivity index (χ1v) is 6.05. The van der Waals surface area contributed by atoms with E-state index in [9.17, 15) is 4.79 Å². The number of carbonyl (C=O) groups is 1. The van der Waals surface area contributed by atoms with Gasteiger partial charge in [-0.25, -0.2) is 0 Å². The second-order valence-corrected chi connectivity index (χ2v) is 4.76. The van der Waals surface area contributed by atoms with E-state index in [1.807, 2.05) is 39.0 Å². The molecule has 0 aliphatic carbocycles. The van der Waals surface area contributed by atoms with Crippen LogP contribution in [0.5, 0.6) is 5.75 Å². The summed E-state index contributed by atoms with van der Waals surface area (Å²) in [6.07, 6.45) is 0. The molecular formula is C14H21NO3. The minimum absolute atomic E-state index is 0.0401. The van der Waals surface area contributed by atoms with Gasteiger partial charge in [0.1, 0.15) is 11.8 Å². The van der Waals surface area contributed by atoms with Crippen molar-refractivity contribution in [1.82, 2.24) is 5.32 Å². The van der Waals surface area contributed by atoms with Crippen LogP contribution >= 0.6 is 0 Å². The van der Waals surface area contributed by atoms with Crippen molar-refractivity contribution in [3.63, 3.8) is 0 Å². The van der Waals surface area contributed by atoms with Crippen LogP contribution in [0.1, 0.15) is 25.0 Å². The number of carboxylic acid groups (broad SMARTS) is 1. The normalized spacial score (nSPS) is 12.5. The van der Waals surface area contributed by atoms with Gasteiger partial charge in [0.25, 0.3) is 0 Å². The molecule has 4 heteroatoms. The quantitative estimate of drug-likeness (QED) is 0.813. The van der Waals surface area contributed by atoms with E-state index in [1.165, 1.54) is 0 Å². The van der Waals surface area contributed by atoms with Crippen LogP contribution in [0.25, 0.3) is 0 Å². The number of nitrogens with one attached hydrogen (secondary N) is 1. The van der Waals surface area contributed by atoms with Crippen molar-refractivity contribution >= 4 is 5.97 Å². The molecule has 0 spiro atoms. The van der Waals surface area contributed by atoms with Gasteiger partial charge >= 0.3 is 5.97 Å². The lowest BCUT2D eigenvalue weighted by atomic mass is 10.0. The number of rotatable bonds is 6. The fourth-order valence-electron chi connectivity index (χ4n) is 1.87. The number of ether oxygens (including phenoxy) is 1. The summed E-state index contributed by atoms with van der Waals surface area (Å²) in [7, 11) is 1.62. The Bertz CT molecular complexity index is 416. The lowest BCUT2D eigenvalue weighted by Crippen LogP contribution is -2.40. The third kappa shape index (κ3) is 3.74. The summed E-state index contributed by atoms with van der Waals surface area (Å²) >= 11 is 0. The Labute approximate surface area is 108 Å². The van der Waals surface area contributed by atoms with E-state index >= 15 is 0 Å². The molecule has 4 nitrogen and oxygen atoms in total. The van der Waals surface area contributed by atoms with Crippen molar-refractivity contribution in [2.45, 2.75) is 33.4 Å². The van der Waals surface area contributed by atoms with E-state index in [1.54, 1.807) is 7.11 Å². The highest BCUT2D eigenvalue weighted by atomic mass is 16.5. The van der Waals surface area contributed by atoms with E-state index in [0.717, 1.165) is 16.9 Å². The van der Waals surface area contributed by atoms with Gasteiger partial charge in [0.15, 0.2) is 0 Å². The highest BCUT2D eigenvalue weighted by Crippen LogP contribution is 2.19. The molecule has 1 atom stereocenters. The van der Waals surface area contributed by atoms with Gasteiger partial charge < -0.3 is 9.84 Å². The molecule has 1 rings (SSSR count). The molecule has 0 aliphatic heterocycles. The van der Waals surface area contributed by atoms with Crippen molar-refractivity contribution < 1.29 is 14.6 Å². The number of aliphatic carboxylic acids is 1. The van der Waals surface area contributed by atoms with Crippen LogP contribution in [0.3, 0.4) is 0 Å². The fraction of sp³-hybridized carbons (Fsp3) is 0.500. The standard InChI is InChI=1S/C14H21NO3/c1-9(2)13(14(16)17)15-8-11-7-10(3)5-6-12(11)18-4/h5-7,9,13,15H,8H2,1-4H3,(H,16,17)/t13-/m1/s1. The smallest absolute Gasteiger partial charge is 0.320 e. The Kier molecular flexibility index (Phi) is 5.16. The zero-order valence-corrected chi connectivity index (χ0v) is 11.4. The van der Waals surface area contributed by atoms with Gasteiger partial charge in [-0.15, -0.1) is 0 Å². The highest BCUT2D eigenvalue weighted by molar-refractivity contribution is 5.73. The largest absolute Gasteiger partial charge is 0.496 e. The molecule has 1 aromatic carbocycles. The molecular weight excluding hydrogens is 230 g/mol. The average Bonchev–Trinajstić information content (AvgIpc) is 2.28. The van der Waals surface area contributed by atoms with Gasteiger partial charge in [-0.2, -0.15) is 0 Å². The number of carboxylic acids is 1. The summed E-state index contributed by atoms with van der Waals surface area (Å²) in [5.41, 5.74) is 2.11. The minimum Gasteiger partial charge on any atom is -0.496 e. The van der Waals surface area contributed by atoms with Gasteiger partial charge in [-0.3, -0.25) is 10.1 Å². The molecule has 0 saturated heterocycles. The molecule has 0 amide bonds. The maximum atomic E-state index is 11.1. The predicted molar refractivity (Wildman–Crippen MR) is 70.8 cm³/mol. The van der Waals surface area contributed by atoms with E-state index in [4.69, 9.17) is 9.84 Å². The SMILES string of the molecule is COc1ccc(C)cc1CN[C@@H](C(=O)O)C(C)C. The van der Waals surface area contributed by atoms with Gasteiger partial charge in [0, 0.05) is 12.1 Å². The molecule has 0 unspecified atom stereocenters. The van der Waals surface area contributed by atoms with E-state index < -0.39 is 12.0 Å². The highest BCUT2D eigenvalue weighted by Gasteiger charge is 2.20. The lowest BCUT2D eigenvalue weighted by Gasteiger charge is -2.19. The molecule has 1 aromatic rings. The summed E-state index contributed by atoms with van der Waals surface area (Å²) in [6.45, 7) is 6.26. The molecule has 100 valence electrons. The van der Waals surface area contributed by atoms with Crippen molar-refractivity contribution in [1.29, 1.82) is 0 Å². The first-order valence-electron chi connectivity index (χ1n) is 6.05. The van der Waals surface area contributed by atoms with Crippen LogP contribution in [0.4, 0.5) is 0 Å². The predicted octanol–water partition coefficient (Wildman–Crippen LogP) is 2.20. The van der Waals surface area contributed by atoms with Crippen molar-refractivity contribution in [3.8, 4) is 5.75 Å². The lowest BCUT2D eigenvalue weighted by molar-refractivity contribution is -0.140. The average molecular weight is 251 g/mol. The van der Waals surface area contributed by atoms with E-state index in [-0.39, 0.29) is 5.92 Å². The first kappa shape index (κ1) is 14.5. The molecule has 0 radical (unpaired) electrons. The summed E-state index contributed by atoms with van der Waals surface area (Å²) < 4.78 is 5.27. The maximum Gasteiger partial charge on any atom is 0.320 e. The van der Waals surface area contributed by atoms with Crippen LogP contribution in [0.15, 0.2) is 18.2 Å². The molecule has 0 fully saturated rings. The zero-order chi connectivity index (χ0) is 13.7. The Morgan fingerprint density at radius 2 is 2.11 bits per heavy atom. The number of hydrogen-bond donors (Lipinski definition) is 2. The van der Waals surface area contributed by atoms with Crippen LogP contribution in [0, 0.1) is 12.8 Å². The summed E-state index contributed by atoms with van der Waals surface area (Å²) in [5, 5.41) is 12.2. The second-order valence-electron chi connectivity index (χ2n) is 4.76. The molecule has 18 heavy (non-hydrogen) atoms. The third-order valence-electron chi connectivity index (χ3n) is 2.88. The maximum absolute atomic E-state index is 11.1. The van der Waals surface area contributed by atoms with E-state index in [2.05, 4.69) is 5.32 Å². The van der Waals surface area contributed by atoms with Gasteiger partial charge in [0.2, 0.25) is 0 Å². The number of aryl methyl sites for hydroxylation is 1. The van der Waals surface area contributed by atoms with Crippen LogP contribution in [-0.2, 0) is 11.3 Å². The first-order chi connectivity index (χ1) is 8.45. The van der Waals surface area contributed by atoms with Crippen LogP contribution in [0.2, 0.25) is 0 Å². The Morgan fingerprint density at radius 3 is 2.61 bits per heavy atom. The van der Waals surface area contributed by atoms with Crippen molar-refractivity contribution in [2.75, 3.05) is 7.11 Å². The monoisotopic (exact) mass is 251 g/mol. The fourth-order valence-corrected chi connectivity index (χ4v) is 1.87. The molecule has 2 N–H and O–H groups in total. The summed E-state index contributed by atoms with van der Waals surface area (Å²) in [5.74, 6) is -0.00378. The Morgan fingerprint density at radius 1 is 1.44 bits per heavy atom. The number of methoxy groups -OCH3 is 1. The van der Waals surface area contributed by atoms with Crippen LogP contribution in [-0.4, -0.2) is 24.2 Å². The number of benzene rings is 1. The number of hydrogen-bond acceptors (Lipinski definition) is 3. The molecule has 0 aliphatic rings. The van der Waals surface area contributed by atoms with Gasteiger partial charge in [0.05, 0.1) is 7.11 Å². The van der Waals surface area contributed by atoms with Gasteiger partial charge in [-0.05, 0) is 18.9 Å². The third-order valence-corrected chi connectivity index (χ3v) is 2.88. The molecule has 0 saturated carbocycles. The zero-order valence-electron chi connectivity index (χ0n) is 11.4. The topological polar surface area (TPSA) is 58.6 Å². The molecule has 0 heterocycles. The second kappa shape index (κ2) is 6.40. The molecule has 0 aromatic heterocycles. The Hall–Kier alpha value is -1.55. The van der Waals surface area contributed by atoms with Crippen molar-refractivity contribution in [2.24, 2.45) is 5.92 Å². The van der Waals surface area contributed by atoms with Gasteiger partial charge in [-0.1, -0.05) is 31.5 Å². The summed E-state index contributed by atoms with van der Waals surface area (Å²) in [4.78, 5) is 11.1. The molecule has 0 bridgehead atoms. The Balaban J connectivity index is 2.78. The van der Waals surface area contributed by atoms with E-state index in [0.29, 0.717) is 6.54 Å². The minimum atomic E-state index is -0.823.